The first-order valence-corrected chi connectivity index (χ1v) is 7.99. The Hall–Kier alpha value is -0.540. The average molecular weight is 345 g/mol. The van der Waals surface area contributed by atoms with Crippen LogP contribution in [-0.4, -0.2) is 23.9 Å². The monoisotopic (exact) mass is 343 g/mol. The second kappa shape index (κ2) is 6.76. The highest BCUT2D eigenvalue weighted by Gasteiger charge is 2.22. The minimum atomic E-state index is 0.0873. The fourth-order valence-corrected chi connectivity index (χ4v) is 3.14. The first-order chi connectivity index (χ1) is 9.09. The van der Waals surface area contributed by atoms with Gasteiger partial charge in [0.15, 0.2) is 0 Å². The third-order valence-electron chi connectivity index (χ3n) is 3.86. The topological polar surface area (TPSA) is 20.3 Å². The number of amides is 1. The molecule has 1 fully saturated rings. The van der Waals surface area contributed by atoms with Crippen molar-refractivity contribution in [1.29, 1.82) is 0 Å². The molecule has 0 radical (unpaired) electrons. The summed E-state index contributed by atoms with van der Waals surface area (Å²) >= 11 is 9.33. The normalized spacial score (nSPS) is 17.0. The lowest BCUT2D eigenvalue weighted by Crippen LogP contribution is -2.36. The van der Waals surface area contributed by atoms with Crippen molar-refractivity contribution in [2.24, 2.45) is 0 Å². The van der Waals surface area contributed by atoms with E-state index in [9.17, 15) is 4.79 Å². The molecule has 1 aliphatic carbocycles. The molecule has 1 aromatic rings. The van der Waals surface area contributed by atoms with Crippen molar-refractivity contribution in [1.82, 2.24) is 4.90 Å². The third kappa shape index (κ3) is 3.73. The Morgan fingerprint density at radius 3 is 2.47 bits per heavy atom. The molecule has 1 aromatic carbocycles. The number of rotatable bonds is 2. The van der Waals surface area contributed by atoms with Gasteiger partial charge in [0.25, 0.3) is 5.91 Å². The summed E-state index contributed by atoms with van der Waals surface area (Å²) in [6.07, 6.45) is 7.29. The number of hydrogen-bond acceptors (Lipinski definition) is 1. The number of nitrogens with zero attached hydrogens (tertiary/aromatic N) is 1. The molecule has 0 spiro atoms. The molecule has 0 saturated heterocycles. The van der Waals surface area contributed by atoms with Gasteiger partial charge in [-0.3, -0.25) is 4.79 Å². The summed E-state index contributed by atoms with van der Waals surface area (Å²) in [7, 11) is 1.92. The van der Waals surface area contributed by atoms with Gasteiger partial charge in [-0.05, 0) is 47.0 Å². The summed E-state index contributed by atoms with van der Waals surface area (Å²) in [5, 5.41) is 0.633. The van der Waals surface area contributed by atoms with Gasteiger partial charge >= 0.3 is 0 Å². The SMILES string of the molecule is CN(C(=O)c1ccc(Cl)c(Br)c1)C1CCCCCC1. The van der Waals surface area contributed by atoms with Gasteiger partial charge < -0.3 is 4.90 Å². The smallest absolute Gasteiger partial charge is 0.253 e. The predicted octanol–water partition coefficient (Wildman–Crippen LogP) is 4.90. The Bertz CT molecular complexity index is 455. The highest BCUT2D eigenvalue weighted by atomic mass is 79.9. The quantitative estimate of drug-likeness (QED) is 0.699. The van der Waals surface area contributed by atoms with E-state index in [1.54, 1.807) is 18.2 Å². The standard InChI is InChI=1S/C15H19BrClNO/c1-18(12-6-4-2-3-5-7-12)15(19)11-8-9-14(17)13(16)10-11/h8-10,12H,2-7H2,1H3. The lowest BCUT2D eigenvalue weighted by atomic mass is 10.1. The van der Waals surface area contributed by atoms with E-state index in [0.717, 1.165) is 17.3 Å². The largest absolute Gasteiger partial charge is 0.339 e. The molecule has 2 rings (SSSR count). The number of carbonyl (C=O) groups excluding carboxylic acids is 1. The van der Waals surface area contributed by atoms with E-state index in [0.29, 0.717) is 16.6 Å². The molecule has 0 unspecified atom stereocenters. The molecule has 1 saturated carbocycles. The second-order valence-corrected chi connectivity index (χ2v) is 6.45. The maximum Gasteiger partial charge on any atom is 0.253 e. The molecular formula is C15H19BrClNO. The highest BCUT2D eigenvalue weighted by molar-refractivity contribution is 9.10. The van der Waals surface area contributed by atoms with E-state index < -0.39 is 0 Å². The molecule has 0 aliphatic heterocycles. The summed E-state index contributed by atoms with van der Waals surface area (Å²) in [6, 6.07) is 5.74. The van der Waals surface area contributed by atoms with Crippen LogP contribution in [0.5, 0.6) is 0 Å². The van der Waals surface area contributed by atoms with Crippen LogP contribution in [0, 0.1) is 0 Å². The van der Waals surface area contributed by atoms with Gasteiger partial charge in [-0.2, -0.15) is 0 Å². The van der Waals surface area contributed by atoms with Crippen LogP contribution in [0.2, 0.25) is 5.02 Å². The maximum atomic E-state index is 12.5. The molecule has 104 valence electrons. The van der Waals surface area contributed by atoms with Crippen molar-refractivity contribution >= 4 is 33.4 Å². The van der Waals surface area contributed by atoms with E-state index in [-0.39, 0.29) is 5.91 Å². The molecule has 0 N–H and O–H groups in total. The first kappa shape index (κ1) is 14.9. The number of hydrogen-bond donors (Lipinski definition) is 0. The van der Waals surface area contributed by atoms with Crippen molar-refractivity contribution in [2.75, 3.05) is 7.05 Å². The Balaban J connectivity index is 2.10. The van der Waals surface area contributed by atoms with Crippen molar-refractivity contribution in [3.8, 4) is 0 Å². The molecule has 1 aliphatic rings. The minimum absolute atomic E-state index is 0.0873. The summed E-state index contributed by atoms with van der Waals surface area (Å²) in [5.74, 6) is 0.0873. The van der Waals surface area contributed by atoms with Gasteiger partial charge in [0, 0.05) is 23.1 Å². The zero-order valence-electron chi connectivity index (χ0n) is 11.2. The lowest BCUT2D eigenvalue weighted by molar-refractivity contribution is 0.0717. The Kier molecular flexibility index (Phi) is 5.28. The van der Waals surface area contributed by atoms with Crippen LogP contribution < -0.4 is 0 Å². The molecule has 2 nitrogen and oxygen atoms in total. The number of benzene rings is 1. The average Bonchev–Trinajstić information content (AvgIpc) is 2.69. The van der Waals surface area contributed by atoms with Crippen molar-refractivity contribution in [3.63, 3.8) is 0 Å². The van der Waals surface area contributed by atoms with Gasteiger partial charge in [0.1, 0.15) is 0 Å². The summed E-state index contributed by atoms with van der Waals surface area (Å²) in [6.45, 7) is 0. The lowest BCUT2D eigenvalue weighted by Gasteiger charge is -2.27. The summed E-state index contributed by atoms with van der Waals surface area (Å²) in [4.78, 5) is 14.4. The van der Waals surface area contributed by atoms with Crippen LogP contribution in [0.25, 0.3) is 0 Å². The summed E-state index contributed by atoms with van der Waals surface area (Å²) < 4.78 is 0.772. The Morgan fingerprint density at radius 2 is 1.89 bits per heavy atom. The highest BCUT2D eigenvalue weighted by Crippen LogP contribution is 2.26. The van der Waals surface area contributed by atoms with Crippen LogP contribution in [0.3, 0.4) is 0 Å². The molecule has 19 heavy (non-hydrogen) atoms. The zero-order valence-corrected chi connectivity index (χ0v) is 13.5. The van der Waals surface area contributed by atoms with Gasteiger partial charge in [-0.25, -0.2) is 0 Å². The van der Waals surface area contributed by atoms with Crippen molar-refractivity contribution in [3.05, 3.63) is 33.3 Å². The fraction of sp³-hybridized carbons (Fsp3) is 0.533. The fourth-order valence-electron chi connectivity index (χ4n) is 2.64. The van der Waals surface area contributed by atoms with Crippen molar-refractivity contribution in [2.45, 2.75) is 44.6 Å². The molecule has 1 amide bonds. The zero-order chi connectivity index (χ0) is 13.8. The van der Waals surface area contributed by atoms with E-state index in [1.165, 1.54) is 25.7 Å². The summed E-state index contributed by atoms with van der Waals surface area (Å²) in [5.41, 5.74) is 0.697. The van der Waals surface area contributed by atoms with Gasteiger partial charge in [0.2, 0.25) is 0 Å². The van der Waals surface area contributed by atoms with Crippen LogP contribution in [0.1, 0.15) is 48.9 Å². The first-order valence-electron chi connectivity index (χ1n) is 6.82. The van der Waals surface area contributed by atoms with Crippen LogP contribution >= 0.6 is 27.5 Å². The maximum absolute atomic E-state index is 12.5. The molecule has 0 heterocycles. The molecule has 0 atom stereocenters. The van der Waals surface area contributed by atoms with E-state index in [2.05, 4.69) is 15.9 Å². The molecular weight excluding hydrogens is 326 g/mol. The minimum Gasteiger partial charge on any atom is -0.339 e. The van der Waals surface area contributed by atoms with E-state index in [1.807, 2.05) is 11.9 Å². The third-order valence-corrected chi connectivity index (χ3v) is 5.07. The predicted molar refractivity (Wildman–Crippen MR) is 82.7 cm³/mol. The number of carbonyl (C=O) groups is 1. The Labute approximate surface area is 128 Å². The molecule has 4 heteroatoms. The molecule has 0 bridgehead atoms. The molecule has 0 aromatic heterocycles. The van der Waals surface area contributed by atoms with Gasteiger partial charge in [0.05, 0.1) is 5.02 Å². The second-order valence-electron chi connectivity index (χ2n) is 5.19. The van der Waals surface area contributed by atoms with Gasteiger partial charge in [-0.15, -0.1) is 0 Å². The van der Waals surface area contributed by atoms with Crippen LogP contribution in [0.15, 0.2) is 22.7 Å². The number of halogens is 2. The van der Waals surface area contributed by atoms with E-state index in [4.69, 9.17) is 11.6 Å². The van der Waals surface area contributed by atoms with Crippen LogP contribution in [0.4, 0.5) is 0 Å². The van der Waals surface area contributed by atoms with Gasteiger partial charge in [-0.1, -0.05) is 37.3 Å². The van der Waals surface area contributed by atoms with Crippen molar-refractivity contribution < 1.29 is 4.79 Å². The Morgan fingerprint density at radius 1 is 1.26 bits per heavy atom. The van der Waals surface area contributed by atoms with E-state index >= 15 is 0 Å². The van der Waals surface area contributed by atoms with Crippen LogP contribution in [-0.2, 0) is 0 Å².